The second-order valence-corrected chi connectivity index (χ2v) is 0.750. The van der Waals surface area contributed by atoms with E-state index in [-0.39, 0.29) is 115 Å². The molecule has 0 saturated heterocycles. The zero-order valence-corrected chi connectivity index (χ0v) is 12.9. The largest absolute Gasteiger partial charge is 2.00 e. The molecule has 0 aliphatic carbocycles. The molecule has 0 heterocycles. The molecule has 0 radical (unpaired) electrons. The van der Waals surface area contributed by atoms with Crippen LogP contribution >= 0.6 is 0 Å². The van der Waals surface area contributed by atoms with Crippen LogP contribution in [0.25, 0.3) is 0 Å². The van der Waals surface area contributed by atoms with Gasteiger partial charge in [0, 0.05) is 9.17 Å². The van der Waals surface area contributed by atoms with Crippen LogP contribution in [-0.4, -0.2) is 119 Å². The van der Waals surface area contributed by atoms with E-state index in [0.29, 0.717) is 0 Å². The second kappa shape index (κ2) is 16.1. The molecule has 0 aromatic carbocycles. The van der Waals surface area contributed by atoms with Gasteiger partial charge in [-0.25, -0.2) is 0 Å². The molecule has 0 aromatic rings. The predicted octanol–water partition coefficient (Wildman–Crippen LogP) is -3.57. The molecule has 3 nitrogen and oxygen atoms in total. The molecule has 0 aromatic heterocycles. The SMILES string of the molecule is O=[Si]([O-])[O-].[Ba+2].[Ca+2].[H-].[H-].[H-].[H-].[Mg+2]. The summed E-state index contributed by atoms with van der Waals surface area (Å²) in [6.45, 7) is 0. The van der Waals surface area contributed by atoms with Gasteiger partial charge in [-0.1, -0.05) is 0 Å². The van der Waals surface area contributed by atoms with Crippen LogP contribution in [0.4, 0.5) is 0 Å². The fourth-order valence-corrected chi connectivity index (χ4v) is 0. The zero-order valence-electron chi connectivity index (χ0n) is 7.85. The first-order chi connectivity index (χ1) is 1.73. The molecule has 0 aliphatic rings. The van der Waals surface area contributed by atoms with E-state index in [2.05, 4.69) is 0 Å². The van der Waals surface area contributed by atoms with Crippen LogP contribution in [-0.2, 0) is 4.46 Å². The van der Waals surface area contributed by atoms with Crippen molar-refractivity contribution in [2.75, 3.05) is 0 Å². The van der Waals surface area contributed by atoms with Crippen molar-refractivity contribution in [2.24, 2.45) is 0 Å². The standard InChI is InChI=1S/Ba.Ca.Mg.O3Si.4H/c;;;1-4(2)3;;;;/q3*+2;-2;4*-1. The first-order valence-corrected chi connectivity index (χ1v) is 1.84. The molecule has 0 atom stereocenters. The maximum absolute atomic E-state index is 8.52. The maximum Gasteiger partial charge on any atom is 2.00 e. The fourth-order valence-electron chi connectivity index (χ4n) is 0. The van der Waals surface area contributed by atoms with Gasteiger partial charge >= 0.3 is 110 Å². The van der Waals surface area contributed by atoms with Crippen molar-refractivity contribution >= 4 is 119 Å². The molecule has 0 aliphatic heterocycles. The molecule has 0 N–H and O–H groups in total. The minimum absolute atomic E-state index is 0. The Morgan fingerprint density at radius 3 is 1.43 bits per heavy atom. The Balaban J connectivity index is -0.00000000214. The predicted molar refractivity (Wildman–Crippen MR) is 28.2 cm³/mol. The first kappa shape index (κ1) is 22.5. The third kappa shape index (κ3) is 46.4. The van der Waals surface area contributed by atoms with E-state index in [1.165, 1.54) is 0 Å². The van der Waals surface area contributed by atoms with Crippen molar-refractivity contribution in [2.45, 2.75) is 0 Å². The van der Waals surface area contributed by atoms with Gasteiger partial charge in [0.1, 0.15) is 0 Å². The van der Waals surface area contributed by atoms with Gasteiger partial charge in [0.2, 0.25) is 0 Å². The summed E-state index contributed by atoms with van der Waals surface area (Å²) in [5.41, 5.74) is 0. The summed E-state index contributed by atoms with van der Waals surface area (Å²) in [6, 6.07) is 0. The van der Waals surface area contributed by atoms with Crippen LogP contribution in [0.15, 0.2) is 0 Å². The Morgan fingerprint density at radius 1 is 1.43 bits per heavy atom. The topological polar surface area (TPSA) is 63.2 Å². The van der Waals surface area contributed by atoms with Crippen LogP contribution in [0.1, 0.15) is 5.71 Å². The molecule has 0 fully saturated rings. The van der Waals surface area contributed by atoms with Crippen molar-refractivity contribution < 1.29 is 19.8 Å². The smallest absolute Gasteiger partial charge is 1.00 e. The fraction of sp³-hybridized carbons (Fsp3) is 0. The Labute approximate surface area is 135 Å². The quantitative estimate of drug-likeness (QED) is 0.432. The van der Waals surface area contributed by atoms with E-state index < -0.39 is 9.17 Å². The molecule has 0 saturated carbocycles. The molecule has 0 rings (SSSR count). The average molecular weight is 282 g/mol. The van der Waals surface area contributed by atoms with Crippen LogP contribution in [0, 0.1) is 0 Å². The van der Waals surface area contributed by atoms with E-state index in [4.69, 9.17) is 14.1 Å². The molecule has 0 bridgehead atoms. The number of rotatable bonds is 0. The molecular formula is H4BaCaMgO3Si. The monoisotopic (exact) mass is 282 g/mol. The summed E-state index contributed by atoms with van der Waals surface area (Å²) in [5, 5.41) is 0. The van der Waals surface area contributed by atoms with Crippen molar-refractivity contribution in [3.8, 4) is 0 Å². The summed E-state index contributed by atoms with van der Waals surface area (Å²) in [4.78, 5) is 17.0. The Morgan fingerprint density at radius 2 is 1.43 bits per heavy atom. The van der Waals surface area contributed by atoms with Crippen LogP contribution in [0.3, 0.4) is 0 Å². The third-order valence-corrected chi connectivity index (χ3v) is 0. The van der Waals surface area contributed by atoms with Gasteiger partial charge in [0.15, 0.2) is 0 Å². The minimum atomic E-state index is -3.63. The Kier molecular flexibility index (Phi) is 51.6. The Hall–Kier alpha value is 3.21. The summed E-state index contributed by atoms with van der Waals surface area (Å²) in [5.74, 6) is 0. The molecule has 0 unspecified atom stereocenters. The van der Waals surface area contributed by atoms with Crippen LogP contribution < -0.4 is 9.59 Å². The van der Waals surface area contributed by atoms with Gasteiger partial charge in [-0.2, -0.15) is 0 Å². The van der Waals surface area contributed by atoms with Crippen molar-refractivity contribution in [3.05, 3.63) is 0 Å². The second-order valence-electron chi connectivity index (χ2n) is 0.250. The van der Waals surface area contributed by atoms with Gasteiger partial charge in [-0.15, -0.1) is 0 Å². The molecule has 0 amide bonds. The van der Waals surface area contributed by atoms with Gasteiger partial charge in [0.05, 0.1) is 0 Å². The van der Waals surface area contributed by atoms with E-state index in [1.807, 2.05) is 0 Å². The van der Waals surface area contributed by atoms with Gasteiger partial charge in [0.25, 0.3) is 0 Å². The average Bonchev–Trinajstić information content (AvgIpc) is 0.811. The third-order valence-electron chi connectivity index (χ3n) is 0. The zero-order chi connectivity index (χ0) is 3.58. The molecule has 7 heavy (non-hydrogen) atoms. The molecule has 0 spiro atoms. The molecule has 32 valence electrons. The first-order valence-electron chi connectivity index (χ1n) is 0.612. The van der Waals surface area contributed by atoms with E-state index >= 15 is 0 Å². The maximum atomic E-state index is 8.52. The number of hydrogen-bond acceptors (Lipinski definition) is 3. The van der Waals surface area contributed by atoms with Gasteiger partial charge in [-0.3, -0.25) is 0 Å². The van der Waals surface area contributed by atoms with E-state index in [1.54, 1.807) is 0 Å². The van der Waals surface area contributed by atoms with Gasteiger partial charge < -0.3 is 19.8 Å². The molecule has 7 heteroatoms. The van der Waals surface area contributed by atoms with Crippen molar-refractivity contribution in [3.63, 3.8) is 0 Å². The van der Waals surface area contributed by atoms with Crippen molar-refractivity contribution in [1.82, 2.24) is 0 Å². The number of hydrogen-bond donors (Lipinski definition) is 0. The van der Waals surface area contributed by atoms with Crippen LogP contribution in [0.5, 0.6) is 0 Å². The van der Waals surface area contributed by atoms with Crippen LogP contribution in [0.2, 0.25) is 0 Å². The van der Waals surface area contributed by atoms with E-state index in [9.17, 15) is 0 Å². The van der Waals surface area contributed by atoms with Crippen molar-refractivity contribution in [1.29, 1.82) is 0 Å². The normalized spacial score (nSPS) is 3.43. The molecular weight excluding hydrogens is 278 g/mol. The minimum Gasteiger partial charge on any atom is -1.00 e. The summed E-state index contributed by atoms with van der Waals surface area (Å²) < 4.78 is 8.52. The summed E-state index contributed by atoms with van der Waals surface area (Å²) in [7, 11) is -3.63. The Bertz CT molecular complexity index is 48.3. The summed E-state index contributed by atoms with van der Waals surface area (Å²) >= 11 is 0. The van der Waals surface area contributed by atoms with E-state index in [0.717, 1.165) is 0 Å². The van der Waals surface area contributed by atoms with Gasteiger partial charge in [-0.05, 0) is 0 Å². The summed E-state index contributed by atoms with van der Waals surface area (Å²) in [6.07, 6.45) is 0.